The normalized spacial score (nSPS) is 15.9. The summed E-state index contributed by atoms with van der Waals surface area (Å²) >= 11 is 0. The van der Waals surface area contributed by atoms with Crippen LogP contribution < -0.4 is 0 Å². The predicted molar refractivity (Wildman–Crippen MR) is 120 cm³/mol. The summed E-state index contributed by atoms with van der Waals surface area (Å²) in [5.74, 6) is 0. The highest BCUT2D eigenvalue weighted by atomic mass is 14.4. The molecule has 0 spiro atoms. The SMILES string of the molecule is CC1(C)c2ccc3c(c2-c2c1ccc1c2Cc2ccccc2-1)Cc1ccccc1-3. The highest BCUT2D eigenvalue weighted by Crippen LogP contribution is 2.57. The fraction of sp³-hybridized carbons (Fsp3) is 0.172. The lowest BCUT2D eigenvalue weighted by atomic mass is 9.81. The van der Waals surface area contributed by atoms with Gasteiger partial charge in [0, 0.05) is 5.41 Å². The summed E-state index contributed by atoms with van der Waals surface area (Å²) in [5.41, 5.74) is 17.9. The van der Waals surface area contributed by atoms with E-state index in [1.54, 1.807) is 11.1 Å². The van der Waals surface area contributed by atoms with Crippen molar-refractivity contribution >= 4 is 0 Å². The van der Waals surface area contributed by atoms with Crippen LogP contribution in [0.2, 0.25) is 0 Å². The third-order valence-electron chi connectivity index (χ3n) is 7.57. The molecule has 0 fully saturated rings. The zero-order chi connectivity index (χ0) is 19.3. The van der Waals surface area contributed by atoms with E-state index in [9.17, 15) is 0 Å². The molecule has 0 radical (unpaired) electrons. The summed E-state index contributed by atoms with van der Waals surface area (Å²) in [6.07, 6.45) is 2.11. The smallest absolute Gasteiger partial charge is 0.0159 e. The molecular weight excluding hydrogens is 348 g/mol. The van der Waals surface area contributed by atoms with Crippen molar-refractivity contribution < 1.29 is 0 Å². The lowest BCUT2D eigenvalue weighted by molar-refractivity contribution is 0.660. The minimum Gasteiger partial charge on any atom is -0.0619 e. The van der Waals surface area contributed by atoms with Crippen LogP contribution in [0.3, 0.4) is 0 Å². The van der Waals surface area contributed by atoms with Gasteiger partial charge in [0.25, 0.3) is 0 Å². The van der Waals surface area contributed by atoms with Gasteiger partial charge in [-0.1, -0.05) is 86.6 Å². The van der Waals surface area contributed by atoms with E-state index >= 15 is 0 Å². The Morgan fingerprint density at radius 1 is 0.517 bits per heavy atom. The van der Waals surface area contributed by atoms with Gasteiger partial charge in [0.05, 0.1) is 0 Å². The molecule has 0 bridgehead atoms. The fourth-order valence-electron chi connectivity index (χ4n) is 6.18. The number of hydrogen-bond donors (Lipinski definition) is 0. The molecule has 3 aliphatic carbocycles. The first-order valence-corrected chi connectivity index (χ1v) is 10.6. The Morgan fingerprint density at radius 2 is 0.966 bits per heavy atom. The van der Waals surface area contributed by atoms with Gasteiger partial charge in [0.1, 0.15) is 0 Å². The molecule has 0 aromatic heterocycles. The zero-order valence-corrected chi connectivity index (χ0v) is 16.8. The number of rotatable bonds is 0. The highest BCUT2D eigenvalue weighted by Gasteiger charge is 2.41. The third kappa shape index (κ3) is 1.81. The summed E-state index contributed by atoms with van der Waals surface area (Å²) in [6, 6.07) is 27.5. The summed E-state index contributed by atoms with van der Waals surface area (Å²) in [7, 11) is 0. The van der Waals surface area contributed by atoms with Gasteiger partial charge in [-0.05, 0) is 79.6 Å². The van der Waals surface area contributed by atoms with Gasteiger partial charge in [-0.2, -0.15) is 0 Å². The Bertz CT molecular complexity index is 1260. The second-order valence-corrected chi connectivity index (χ2v) is 9.32. The molecule has 29 heavy (non-hydrogen) atoms. The molecule has 4 aromatic carbocycles. The molecule has 4 aromatic rings. The molecule has 0 saturated carbocycles. The molecule has 138 valence electrons. The Labute approximate surface area is 171 Å². The Hall–Kier alpha value is -3.12. The van der Waals surface area contributed by atoms with Crippen LogP contribution in [-0.2, 0) is 18.3 Å². The lowest BCUT2D eigenvalue weighted by Crippen LogP contribution is -2.15. The van der Waals surface area contributed by atoms with Crippen molar-refractivity contribution in [3.8, 4) is 33.4 Å². The predicted octanol–water partition coefficient (Wildman–Crippen LogP) is 7.14. The van der Waals surface area contributed by atoms with Crippen molar-refractivity contribution in [2.75, 3.05) is 0 Å². The maximum Gasteiger partial charge on any atom is 0.0159 e. The first kappa shape index (κ1) is 15.8. The molecule has 0 heterocycles. The van der Waals surface area contributed by atoms with Gasteiger partial charge in [-0.25, -0.2) is 0 Å². The van der Waals surface area contributed by atoms with E-state index in [4.69, 9.17) is 0 Å². The molecule has 0 aliphatic heterocycles. The summed E-state index contributed by atoms with van der Waals surface area (Å²) < 4.78 is 0. The van der Waals surface area contributed by atoms with E-state index < -0.39 is 0 Å². The molecule has 0 atom stereocenters. The van der Waals surface area contributed by atoms with Crippen molar-refractivity contribution in [3.63, 3.8) is 0 Å². The minimum atomic E-state index is 0.0538. The highest BCUT2D eigenvalue weighted by molar-refractivity contribution is 5.96. The molecule has 0 heteroatoms. The molecule has 0 amide bonds. The van der Waals surface area contributed by atoms with E-state index in [0.29, 0.717) is 0 Å². The Morgan fingerprint density at radius 3 is 1.45 bits per heavy atom. The average Bonchev–Trinajstić information content (AvgIpc) is 3.36. The summed E-state index contributed by atoms with van der Waals surface area (Å²) in [6.45, 7) is 4.81. The molecule has 7 rings (SSSR count). The van der Waals surface area contributed by atoms with Gasteiger partial charge >= 0.3 is 0 Å². The maximum absolute atomic E-state index is 2.41. The molecule has 3 aliphatic rings. The van der Waals surface area contributed by atoms with Crippen LogP contribution in [0.15, 0.2) is 72.8 Å². The topological polar surface area (TPSA) is 0 Å². The monoisotopic (exact) mass is 370 g/mol. The largest absolute Gasteiger partial charge is 0.0619 e. The van der Waals surface area contributed by atoms with E-state index in [1.165, 1.54) is 55.6 Å². The van der Waals surface area contributed by atoms with Gasteiger partial charge in [-0.15, -0.1) is 0 Å². The number of hydrogen-bond acceptors (Lipinski definition) is 0. The average molecular weight is 370 g/mol. The van der Waals surface area contributed by atoms with Crippen LogP contribution in [-0.4, -0.2) is 0 Å². The van der Waals surface area contributed by atoms with Crippen molar-refractivity contribution in [1.82, 2.24) is 0 Å². The zero-order valence-electron chi connectivity index (χ0n) is 16.8. The first-order valence-electron chi connectivity index (χ1n) is 10.6. The van der Waals surface area contributed by atoms with Crippen molar-refractivity contribution in [2.24, 2.45) is 0 Å². The van der Waals surface area contributed by atoms with Crippen LogP contribution in [0.1, 0.15) is 47.2 Å². The van der Waals surface area contributed by atoms with Gasteiger partial charge in [-0.3, -0.25) is 0 Å². The second kappa shape index (κ2) is 5.07. The third-order valence-corrected chi connectivity index (χ3v) is 7.57. The van der Waals surface area contributed by atoms with E-state index in [1.807, 2.05) is 0 Å². The van der Waals surface area contributed by atoms with Gasteiger partial charge in [0.15, 0.2) is 0 Å². The maximum atomic E-state index is 2.41. The van der Waals surface area contributed by atoms with Crippen LogP contribution in [0.25, 0.3) is 33.4 Å². The second-order valence-electron chi connectivity index (χ2n) is 9.32. The standard InChI is InChI=1S/C29H22/c1-29(2)25-13-11-21-19-9-5-3-7-17(19)15-23(21)27(25)28-24-16-18-8-4-6-10-20(18)22(24)12-14-26(28)29/h3-14H,15-16H2,1-2H3. The summed E-state index contributed by atoms with van der Waals surface area (Å²) in [5, 5.41) is 0. The van der Waals surface area contributed by atoms with Crippen LogP contribution in [0, 0.1) is 0 Å². The quantitative estimate of drug-likeness (QED) is 0.267. The molecule has 0 nitrogen and oxygen atoms in total. The molecule has 0 unspecified atom stereocenters. The molecular formula is C29H22. The van der Waals surface area contributed by atoms with E-state index in [2.05, 4.69) is 86.6 Å². The van der Waals surface area contributed by atoms with Crippen molar-refractivity contribution in [3.05, 3.63) is 106 Å². The van der Waals surface area contributed by atoms with Crippen molar-refractivity contribution in [1.29, 1.82) is 0 Å². The van der Waals surface area contributed by atoms with Crippen LogP contribution in [0.4, 0.5) is 0 Å². The lowest BCUT2D eigenvalue weighted by Gasteiger charge is -2.22. The number of benzene rings is 4. The molecule has 0 saturated heterocycles. The van der Waals surface area contributed by atoms with Crippen LogP contribution in [0.5, 0.6) is 0 Å². The van der Waals surface area contributed by atoms with Crippen molar-refractivity contribution in [2.45, 2.75) is 32.1 Å². The number of fused-ring (bicyclic) bond motifs is 11. The first-order chi connectivity index (χ1) is 14.1. The Kier molecular flexibility index (Phi) is 2.76. The summed E-state index contributed by atoms with van der Waals surface area (Å²) in [4.78, 5) is 0. The van der Waals surface area contributed by atoms with E-state index in [-0.39, 0.29) is 5.41 Å². The minimum absolute atomic E-state index is 0.0538. The van der Waals surface area contributed by atoms with Gasteiger partial charge in [0.2, 0.25) is 0 Å². The Balaban J connectivity index is 1.57. The van der Waals surface area contributed by atoms with Gasteiger partial charge < -0.3 is 0 Å². The van der Waals surface area contributed by atoms with E-state index in [0.717, 1.165) is 12.8 Å². The molecule has 0 N–H and O–H groups in total. The van der Waals surface area contributed by atoms with Crippen LogP contribution >= 0.6 is 0 Å². The fourth-order valence-corrected chi connectivity index (χ4v) is 6.18.